The summed E-state index contributed by atoms with van der Waals surface area (Å²) in [6.07, 6.45) is -0.499. The molecule has 2 rings (SSSR count). The lowest BCUT2D eigenvalue weighted by Crippen LogP contribution is -2.49. The van der Waals surface area contributed by atoms with Crippen molar-refractivity contribution in [2.75, 3.05) is 53.4 Å². The average molecular weight is 311 g/mol. The van der Waals surface area contributed by atoms with E-state index in [1.165, 1.54) is 11.3 Å². The minimum atomic E-state index is -0.499. The van der Waals surface area contributed by atoms with Crippen LogP contribution in [0.5, 0.6) is 0 Å². The van der Waals surface area contributed by atoms with Gasteiger partial charge >= 0.3 is 0 Å². The van der Waals surface area contributed by atoms with Crippen molar-refractivity contribution in [1.29, 1.82) is 0 Å². The average Bonchev–Trinajstić information content (AvgIpc) is 2.86. The maximum atomic E-state index is 12.3. The van der Waals surface area contributed by atoms with Crippen LogP contribution in [0.15, 0.2) is 10.8 Å². The number of aliphatic hydroxyl groups excluding tert-OH is 1. The Balaban J connectivity index is 1.80. The van der Waals surface area contributed by atoms with E-state index in [0.717, 1.165) is 37.3 Å². The monoisotopic (exact) mass is 311 g/mol. The zero-order valence-electron chi connectivity index (χ0n) is 13.1. The van der Waals surface area contributed by atoms with Crippen LogP contribution in [0.4, 0.5) is 0 Å². The number of nitrogens with zero attached hydrogens (tertiary/aromatic N) is 3. The highest BCUT2D eigenvalue weighted by atomic mass is 32.1. The third kappa shape index (κ3) is 4.51. The van der Waals surface area contributed by atoms with Crippen LogP contribution in [-0.2, 0) is 0 Å². The fourth-order valence-electron chi connectivity index (χ4n) is 2.57. The molecule has 0 spiro atoms. The number of β-amino-alcohol motifs (C(OH)–C–C–N with tert-alkyl or cyclic N) is 1. The normalized spacial score (nSPS) is 18.7. The fourth-order valence-corrected chi connectivity index (χ4v) is 3.39. The first-order valence-electron chi connectivity index (χ1n) is 7.34. The molecule has 0 aromatic carbocycles. The number of amides is 1. The summed E-state index contributed by atoms with van der Waals surface area (Å²) in [5.74, 6) is -0.00817. The molecule has 1 aromatic heterocycles. The van der Waals surface area contributed by atoms with Gasteiger partial charge in [0, 0.05) is 51.7 Å². The second-order valence-electron chi connectivity index (χ2n) is 5.91. The lowest BCUT2D eigenvalue weighted by molar-refractivity contribution is 0.0501. The first-order valence-corrected chi connectivity index (χ1v) is 8.29. The van der Waals surface area contributed by atoms with E-state index >= 15 is 0 Å². The second kappa shape index (κ2) is 7.35. The van der Waals surface area contributed by atoms with Crippen molar-refractivity contribution in [2.45, 2.75) is 13.0 Å². The standard InChI is InChI=1S/C15H25N3O2S/c1-12-10-21-11-14(12)15(20)17(3)8-13(19)9-18-6-4-16(2)5-7-18/h10-11,13,19H,4-9H2,1-3H3. The summed E-state index contributed by atoms with van der Waals surface area (Å²) in [6.45, 7) is 6.99. The maximum Gasteiger partial charge on any atom is 0.254 e. The number of carbonyl (C=O) groups excluding carboxylic acids is 1. The predicted octanol–water partition coefficient (Wildman–Crippen LogP) is 0.737. The molecule has 1 saturated heterocycles. The number of likely N-dealkylation sites (N-methyl/N-ethyl adjacent to an activating group) is 2. The Morgan fingerprint density at radius 3 is 2.62 bits per heavy atom. The predicted molar refractivity (Wildman–Crippen MR) is 86.0 cm³/mol. The number of carbonyl (C=O) groups is 1. The van der Waals surface area contributed by atoms with Gasteiger partial charge in [-0.1, -0.05) is 0 Å². The first-order chi connectivity index (χ1) is 9.97. The molecule has 0 saturated carbocycles. The molecule has 1 atom stereocenters. The van der Waals surface area contributed by atoms with Crippen LogP contribution in [0.25, 0.3) is 0 Å². The number of thiophene rings is 1. The number of rotatable bonds is 5. The fraction of sp³-hybridized carbons (Fsp3) is 0.667. The van der Waals surface area contributed by atoms with E-state index in [1.807, 2.05) is 17.7 Å². The minimum absolute atomic E-state index is 0.00817. The van der Waals surface area contributed by atoms with Crippen molar-refractivity contribution in [1.82, 2.24) is 14.7 Å². The highest BCUT2D eigenvalue weighted by Gasteiger charge is 2.21. The number of aryl methyl sites for hydroxylation is 1. The van der Waals surface area contributed by atoms with Crippen molar-refractivity contribution in [2.24, 2.45) is 0 Å². The Morgan fingerprint density at radius 1 is 1.38 bits per heavy atom. The van der Waals surface area contributed by atoms with E-state index < -0.39 is 6.10 Å². The molecule has 0 bridgehead atoms. The Labute approximate surface area is 130 Å². The molecule has 1 amide bonds. The molecular formula is C15H25N3O2S. The van der Waals surface area contributed by atoms with Crippen LogP contribution in [0, 0.1) is 6.92 Å². The van der Waals surface area contributed by atoms with Crippen LogP contribution >= 0.6 is 11.3 Å². The molecule has 21 heavy (non-hydrogen) atoms. The molecule has 1 fully saturated rings. The molecule has 1 aliphatic rings. The van der Waals surface area contributed by atoms with E-state index in [0.29, 0.717) is 13.1 Å². The van der Waals surface area contributed by atoms with Crippen molar-refractivity contribution in [3.63, 3.8) is 0 Å². The summed E-state index contributed by atoms with van der Waals surface area (Å²) in [5.41, 5.74) is 1.75. The van der Waals surface area contributed by atoms with Gasteiger partial charge in [0.2, 0.25) is 0 Å². The topological polar surface area (TPSA) is 47.0 Å². The third-order valence-electron chi connectivity index (χ3n) is 3.98. The molecule has 1 N–H and O–H groups in total. The van der Waals surface area contributed by atoms with Gasteiger partial charge < -0.3 is 14.9 Å². The summed E-state index contributed by atoms with van der Waals surface area (Å²) < 4.78 is 0. The Kier molecular flexibility index (Phi) is 5.75. The lowest BCUT2D eigenvalue weighted by Gasteiger charge is -2.34. The summed E-state index contributed by atoms with van der Waals surface area (Å²) in [5, 5.41) is 14.1. The van der Waals surface area contributed by atoms with Gasteiger partial charge in [-0.05, 0) is 24.9 Å². The first kappa shape index (κ1) is 16.4. The van der Waals surface area contributed by atoms with Gasteiger partial charge in [-0.25, -0.2) is 0 Å². The third-order valence-corrected chi connectivity index (χ3v) is 4.84. The van der Waals surface area contributed by atoms with Crippen LogP contribution in [0.2, 0.25) is 0 Å². The molecular weight excluding hydrogens is 286 g/mol. The highest BCUT2D eigenvalue weighted by molar-refractivity contribution is 7.08. The maximum absolute atomic E-state index is 12.3. The van der Waals surface area contributed by atoms with E-state index in [4.69, 9.17) is 0 Å². The van der Waals surface area contributed by atoms with Gasteiger partial charge in [0.15, 0.2) is 0 Å². The van der Waals surface area contributed by atoms with Crippen LogP contribution in [0.1, 0.15) is 15.9 Å². The number of piperazine rings is 1. The molecule has 5 nitrogen and oxygen atoms in total. The van der Waals surface area contributed by atoms with Crippen molar-refractivity contribution < 1.29 is 9.90 Å². The van der Waals surface area contributed by atoms with Gasteiger partial charge in [-0.2, -0.15) is 11.3 Å². The summed E-state index contributed by atoms with van der Waals surface area (Å²) in [6, 6.07) is 0. The Bertz CT molecular complexity index is 469. The van der Waals surface area contributed by atoms with Gasteiger partial charge in [0.05, 0.1) is 11.7 Å². The van der Waals surface area contributed by atoms with Gasteiger partial charge in [0.25, 0.3) is 5.91 Å². The van der Waals surface area contributed by atoms with Gasteiger partial charge in [-0.15, -0.1) is 0 Å². The van der Waals surface area contributed by atoms with E-state index in [2.05, 4.69) is 16.8 Å². The molecule has 2 heterocycles. The van der Waals surface area contributed by atoms with Gasteiger partial charge in [0.1, 0.15) is 0 Å². The number of aliphatic hydroxyl groups is 1. The number of hydrogen-bond donors (Lipinski definition) is 1. The van der Waals surface area contributed by atoms with E-state index in [9.17, 15) is 9.90 Å². The molecule has 0 radical (unpaired) electrons. The Morgan fingerprint density at radius 2 is 2.05 bits per heavy atom. The van der Waals surface area contributed by atoms with Crippen LogP contribution < -0.4 is 0 Å². The lowest BCUT2D eigenvalue weighted by atomic mass is 10.2. The van der Waals surface area contributed by atoms with Gasteiger partial charge in [-0.3, -0.25) is 9.69 Å². The van der Waals surface area contributed by atoms with E-state index in [1.54, 1.807) is 11.9 Å². The SMILES string of the molecule is Cc1cscc1C(=O)N(C)CC(O)CN1CCN(C)CC1. The van der Waals surface area contributed by atoms with Crippen LogP contribution in [0.3, 0.4) is 0 Å². The van der Waals surface area contributed by atoms with Crippen LogP contribution in [-0.4, -0.2) is 85.2 Å². The summed E-state index contributed by atoms with van der Waals surface area (Å²) in [4.78, 5) is 18.5. The minimum Gasteiger partial charge on any atom is -0.390 e. The number of hydrogen-bond acceptors (Lipinski definition) is 5. The zero-order chi connectivity index (χ0) is 15.4. The van der Waals surface area contributed by atoms with Crippen molar-refractivity contribution in [3.8, 4) is 0 Å². The Hall–Kier alpha value is -0.950. The van der Waals surface area contributed by atoms with Crippen molar-refractivity contribution >= 4 is 17.2 Å². The molecule has 0 aliphatic carbocycles. The molecule has 1 aliphatic heterocycles. The molecule has 6 heteroatoms. The molecule has 118 valence electrons. The molecule has 1 aromatic rings. The summed E-state index contributed by atoms with van der Waals surface area (Å²) >= 11 is 1.54. The van der Waals surface area contributed by atoms with Crippen molar-refractivity contribution in [3.05, 3.63) is 21.9 Å². The van der Waals surface area contributed by atoms with E-state index in [-0.39, 0.29) is 5.91 Å². The largest absolute Gasteiger partial charge is 0.390 e. The quantitative estimate of drug-likeness (QED) is 0.871. The smallest absolute Gasteiger partial charge is 0.254 e. The zero-order valence-corrected chi connectivity index (χ0v) is 13.9. The second-order valence-corrected chi connectivity index (χ2v) is 6.66. The molecule has 1 unspecified atom stereocenters. The highest BCUT2D eigenvalue weighted by Crippen LogP contribution is 2.15. The summed E-state index contributed by atoms with van der Waals surface area (Å²) in [7, 11) is 3.87.